The SMILES string of the molecule is c1ccc(-c2ccc(-c3nc(-n4c5ccccc5c5c6oc7c8ccccc8c(-c8ccccc8)cc7c6ccc54)nc4c3oc3ccccc34)cc2)cc1. The first kappa shape index (κ1) is 30.0. The fourth-order valence-corrected chi connectivity index (χ4v) is 8.51. The fourth-order valence-electron chi connectivity index (χ4n) is 8.51. The lowest BCUT2D eigenvalue weighted by Gasteiger charge is -2.10. The third-order valence-electron chi connectivity index (χ3n) is 11.0. The van der Waals surface area contributed by atoms with Crippen LogP contribution in [-0.2, 0) is 0 Å². The first-order chi connectivity index (χ1) is 27.3. The number of furan rings is 2. The number of hydrogen-bond acceptors (Lipinski definition) is 4. The minimum Gasteiger partial charge on any atom is -0.455 e. The molecule has 12 rings (SSSR count). The van der Waals surface area contributed by atoms with Gasteiger partial charge < -0.3 is 8.83 Å². The van der Waals surface area contributed by atoms with Gasteiger partial charge in [0.1, 0.15) is 28.0 Å². The molecule has 0 aliphatic rings. The van der Waals surface area contributed by atoms with Crippen LogP contribution in [0.5, 0.6) is 0 Å². The second-order valence-electron chi connectivity index (χ2n) is 14.1. The van der Waals surface area contributed by atoms with Crippen LogP contribution in [0.2, 0.25) is 0 Å². The summed E-state index contributed by atoms with van der Waals surface area (Å²) in [4.78, 5) is 10.6. The average Bonchev–Trinajstić information content (AvgIpc) is 3.93. The molecule has 55 heavy (non-hydrogen) atoms. The number of para-hydroxylation sites is 2. The van der Waals surface area contributed by atoms with E-state index in [1.165, 1.54) is 11.1 Å². The Balaban J connectivity index is 1.14. The molecule has 0 atom stereocenters. The topological polar surface area (TPSA) is 57.0 Å². The van der Waals surface area contributed by atoms with Crippen molar-refractivity contribution in [3.8, 4) is 39.5 Å². The molecule has 0 bridgehead atoms. The highest BCUT2D eigenvalue weighted by molar-refractivity contribution is 6.27. The summed E-state index contributed by atoms with van der Waals surface area (Å²) >= 11 is 0. The van der Waals surface area contributed by atoms with Gasteiger partial charge in [0.2, 0.25) is 5.95 Å². The maximum atomic E-state index is 7.01. The summed E-state index contributed by atoms with van der Waals surface area (Å²) < 4.78 is 15.7. The average molecular weight is 704 g/mol. The van der Waals surface area contributed by atoms with Crippen molar-refractivity contribution in [1.29, 1.82) is 0 Å². The predicted octanol–water partition coefficient (Wildman–Crippen LogP) is 13.5. The fraction of sp³-hybridized carbons (Fsp3) is 0. The van der Waals surface area contributed by atoms with Crippen LogP contribution in [0.25, 0.3) is 116 Å². The van der Waals surface area contributed by atoms with Gasteiger partial charge in [0.15, 0.2) is 5.58 Å². The highest BCUT2D eigenvalue weighted by Gasteiger charge is 2.24. The van der Waals surface area contributed by atoms with Crippen LogP contribution in [0.3, 0.4) is 0 Å². The van der Waals surface area contributed by atoms with Crippen LogP contribution in [0.1, 0.15) is 0 Å². The Bertz CT molecular complexity index is 3470. The summed E-state index contributed by atoms with van der Waals surface area (Å²) in [5, 5.41) is 7.48. The number of benzene rings is 8. The third-order valence-corrected chi connectivity index (χ3v) is 11.0. The van der Waals surface area contributed by atoms with E-state index in [0.29, 0.717) is 11.5 Å². The van der Waals surface area contributed by atoms with Crippen molar-refractivity contribution in [2.24, 2.45) is 0 Å². The molecule has 12 aromatic rings. The van der Waals surface area contributed by atoms with Crippen molar-refractivity contribution >= 4 is 76.6 Å². The summed E-state index contributed by atoms with van der Waals surface area (Å²) in [6.07, 6.45) is 0. The van der Waals surface area contributed by atoms with E-state index in [-0.39, 0.29) is 0 Å². The largest absolute Gasteiger partial charge is 0.455 e. The van der Waals surface area contributed by atoms with Gasteiger partial charge in [0, 0.05) is 32.5 Å². The Morgan fingerprint density at radius 2 is 1.00 bits per heavy atom. The van der Waals surface area contributed by atoms with Crippen molar-refractivity contribution in [3.63, 3.8) is 0 Å². The van der Waals surface area contributed by atoms with Crippen LogP contribution < -0.4 is 0 Å². The smallest absolute Gasteiger partial charge is 0.236 e. The molecular weight excluding hydrogens is 675 g/mol. The minimum atomic E-state index is 0.569. The summed E-state index contributed by atoms with van der Waals surface area (Å²) in [5.74, 6) is 0.569. The lowest BCUT2D eigenvalue weighted by atomic mass is 9.95. The van der Waals surface area contributed by atoms with Crippen LogP contribution >= 0.6 is 0 Å². The van der Waals surface area contributed by atoms with Gasteiger partial charge in [0.05, 0.1) is 16.4 Å². The van der Waals surface area contributed by atoms with Gasteiger partial charge in [0.25, 0.3) is 0 Å². The molecule has 0 amide bonds. The highest BCUT2D eigenvalue weighted by atomic mass is 16.3. The molecule has 4 aromatic heterocycles. The van der Waals surface area contributed by atoms with Gasteiger partial charge in [-0.2, -0.15) is 0 Å². The van der Waals surface area contributed by atoms with Crippen molar-refractivity contribution in [3.05, 3.63) is 176 Å². The molecule has 0 aliphatic heterocycles. The van der Waals surface area contributed by atoms with Gasteiger partial charge in [-0.15, -0.1) is 0 Å². The first-order valence-corrected chi connectivity index (χ1v) is 18.5. The van der Waals surface area contributed by atoms with Gasteiger partial charge in [-0.05, 0) is 64.0 Å². The van der Waals surface area contributed by atoms with Crippen molar-refractivity contribution in [1.82, 2.24) is 14.5 Å². The number of rotatable bonds is 4. The molecule has 4 heterocycles. The number of nitrogens with zero attached hydrogens (tertiary/aromatic N) is 3. The van der Waals surface area contributed by atoms with E-state index in [1.807, 2.05) is 24.3 Å². The van der Waals surface area contributed by atoms with E-state index in [1.54, 1.807) is 0 Å². The van der Waals surface area contributed by atoms with E-state index in [9.17, 15) is 0 Å². The van der Waals surface area contributed by atoms with E-state index in [4.69, 9.17) is 18.8 Å². The maximum Gasteiger partial charge on any atom is 0.236 e. The Kier molecular flexibility index (Phi) is 6.27. The van der Waals surface area contributed by atoms with Crippen LogP contribution in [-0.4, -0.2) is 14.5 Å². The maximum absolute atomic E-state index is 7.01. The highest BCUT2D eigenvalue weighted by Crippen LogP contribution is 2.45. The van der Waals surface area contributed by atoms with Gasteiger partial charge in [-0.3, -0.25) is 4.57 Å². The molecule has 256 valence electrons. The second-order valence-corrected chi connectivity index (χ2v) is 14.1. The molecule has 0 saturated carbocycles. The number of hydrogen-bond donors (Lipinski definition) is 0. The molecule has 0 unspecified atom stereocenters. The summed E-state index contributed by atoms with van der Waals surface area (Å²) in [7, 11) is 0. The zero-order chi connectivity index (χ0) is 36.0. The van der Waals surface area contributed by atoms with Gasteiger partial charge >= 0.3 is 0 Å². The molecule has 0 spiro atoms. The molecule has 5 heteroatoms. The molecular formula is C50H29N3O2. The van der Waals surface area contributed by atoms with Crippen LogP contribution in [0.15, 0.2) is 185 Å². The molecule has 0 fully saturated rings. The molecule has 0 radical (unpaired) electrons. The molecule has 0 aliphatic carbocycles. The van der Waals surface area contributed by atoms with Crippen LogP contribution in [0, 0.1) is 0 Å². The summed E-state index contributed by atoms with van der Waals surface area (Å²) in [6.45, 7) is 0. The predicted molar refractivity (Wildman–Crippen MR) is 225 cm³/mol. The van der Waals surface area contributed by atoms with Crippen molar-refractivity contribution < 1.29 is 8.83 Å². The second kappa shape index (κ2) is 11.5. The van der Waals surface area contributed by atoms with E-state index in [0.717, 1.165) is 93.4 Å². The zero-order valence-electron chi connectivity index (χ0n) is 29.4. The Morgan fingerprint density at radius 3 is 1.80 bits per heavy atom. The summed E-state index contributed by atoms with van der Waals surface area (Å²) in [5.41, 5.74) is 12.3. The number of aromatic nitrogens is 3. The third kappa shape index (κ3) is 4.41. The molecule has 5 nitrogen and oxygen atoms in total. The Hall–Kier alpha value is -7.50. The monoisotopic (exact) mass is 703 g/mol. The molecule has 0 N–H and O–H groups in total. The number of fused-ring (bicyclic) bond motifs is 12. The Labute approximate surface area is 314 Å². The van der Waals surface area contributed by atoms with E-state index in [2.05, 4.69) is 156 Å². The van der Waals surface area contributed by atoms with Gasteiger partial charge in [-0.1, -0.05) is 140 Å². The first-order valence-electron chi connectivity index (χ1n) is 18.5. The normalized spacial score (nSPS) is 12.0. The minimum absolute atomic E-state index is 0.569. The van der Waals surface area contributed by atoms with Crippen LogP contribution in [0.4, 0.5) is 0 Å². The van der Waals surface area contributed by atoms with Crippen molar-refractivity contribution in [2.75, 3.05) is 0 Å². The zero-order valence-corrected chi connectivity index (χ0v) is 29.4. The van der Waals surface area contributed by atoms with E-state index < -0.39 is 0 Å². The van der Waals surface area contributed by atoms with E-state index >= 15 is 0 Å². The van der Waals surface area contributed by atoms with Crippen molar-refractivity contribution in [2.45, 2.75) is 0 Å². The van der Waals surface area contributed by atoms with Gasteiger partial charge in [-0.25, -0.2) is 9.97 Å². The quantitative estimate of drug-likeness (QED) is 0.183. The molecule has 0 saturated heterocycles. The lowest BCUT2D eigenvalue weighted by Crippen LogP contribution is -2.02. The summed E-state index contributed by atoms with van der Waals surface area (Å²) in [6, 6.07) is 61.3. The standard InChI is InChI=1S/C50H29N3O2/c1-3-13-30(14-4-1)31-23-25-33(26-24-31)45-49-46(38-20-10-12-22-43(38)54-49)52-50(51-45)53-41-21-11-9-19-37(41)44-42(53)28-27-36-40-29-39(32-15-5-2-6-16-32)34-17-7-8-18-35(34)47(40)55-48(36)44/h1-29H. The lowest BCUT2D eigenvalue weighted by molar-refractivity contribution is 0.666. The molecule has 8 aromatic carbocycles. The Morgan fingerprint density at radius 1 is 0.382 bits per heavy atom.